The topological polar surface area (TPSA) is 26.3 Å². The molecule has 0 aliphatic carbocycles. The zero-order chi connectivity index (χ0) is 17.7. The van der Waals surface area contributed by atoms with Crippen LogP contribution in [0.3, 0.4) is 0 Å². The molecule has 2 aromatic carbocycles. The molecule has 0 spiro atoms. The van der Waals surface area contributed by atoms with E-state index in [0.29, 0.717) is 6.61 Å². The first kappa shape index (κ1) is 17.7. The van der Waals surface area contributed by atoms with Gasteiger partial charge in [-0.2, -0.15) is 0 Å². The lowest BCUT2D eigenvalue weighted by atomic mass is 10.1. The maximum atomic E-state index is 12.3. The molecule has 3 rings (SSSR count). The second-order valence-corrected chi connectivity index (χ2v) is 11.0. The van der Waals surface area contributed by atoms with E-state index in [9.17, 15) is 4.79 Å². The predicted molar refractivity (Wildman–Crippen MR) is 106 cm³/mol. The SMILES string of the molecule is CCOC(=O)/C(C)=C1\CCC[Si](c2ccccc2)(c2ccccc2)C1. The van der Waals surface area contributed by atoms with Gasteiger partial charge in [0.2, 0.25) is 0 Å². The smallest absolute Gasteiger partial charge is 0.333 e. The fourth-order valence-corrected chi connectivity index (χ4v) is 9.13. The van der Waals surface area contributed by atoms with Crippen molar-refractivity contribution < 1.29 is 9.53 Å². The highest BCUT2D eigenvalue weighted by molar-refractivity contribution is 7.02. The first-order chi connectivity index (χ1) is 12.2. The van der Waals surface area contributed by atoms with Crippen LogP contribution < -0.4 is 10.4 Å². The summed E-state index contributed by atoms with van der Waals surface area (Å²) in [5.74, 6) is -0.150. The number of hydrogen-bond donors (Lipinski definition) is 0. The monoisotopic (exact) mass is 350 g/mol. The van der Waals surface area contributed by atoms with Crippen molar-refractivity contribution >= 4 is 24.4 Å². The van der Waals surface area contributed by atoms with Gasteiger partial charge in [-0.1, -0.05) is 83.0 Å². The zero-order valence-corrected chi connectivity index (χ0v) is 16.1. The van der Waals surface area contributed by atoms with Crippen molar-refractivity contribution in [2.45, 2.75) is 38.8 Å². The van der Waals surface area contributed by atoms with Gasteiger partial charge in [0.1, 0.15) is 8.07 Å². The standard InChI is InChI=1S/C22H26O2Si/c1-3-24-22(23)18(2)19-11-10-16-25(17-19,20-12-6-4-7-13-20)21-14-8-5-9-15-21/h4-9,12-15H,3,10-11,16-17H2,1-2H3/b19-18+. The highest BCUT2D eigenvalue weighted by Crippen LogP contribution is 2.34. The van der Waals surface area contributed by atoms with E-state index in [4.69, 9.17) is 4.74 Å². The van der Waals surface area contributed by atoms with Gasteiger partial charge in [0.05, 0.1) is 6.61 Å². The Hall–Kier alpha value is -2.13. The molecule has 1 fully saturated rings. The lowest BCUT2D eigenvalue weighted by Gasteiger charge is -2.38. The third-order valence-electron chi connectivity index (χ3n) is 5.36. The quantitative estimate of drug-likeness (QED) is 0.474. The van der Waals surface area contributed by atoms with Crippen LogP contribution in [0.2, 0.25) is 12.1 Å². The molecular weight excluding hydrogens is 324 g/mol. The van der Waals surface area contributed by atoms with Gasteiger partial charge in [-0.25, -0.2) is 4.79 Å². The molecule has 0 saturated carbocycles. The van der Waals surface area contributed by atoms with E-state index in [1.165, 1.54) is 22.0 Å². The number of carbonyl (C=O) groups is 1. The molecule has 1 heterocycles. The predicted octanol–water partition coefficient (Wildman–Crippen LogP) is 3.92. The molecule has 130 valence electrons. The van der Waals surface area contributed by atoms with E-state index in [-0.39, 0.29) is 5.97 Å². The van der Waals surface area contributed by atoms with Crippen molar-refractivity contribution in [3.8, 4) is 0 Å². The Morgan fingerprint density at radius 3 is 2.08 bits per heavy atom. The summed E-state index contributed by atoms with van der Waals surface area (Å²) < 4.78 is 5.26. The lowest BCUT2D eigenvalue weighted by molar-refractivity contribution is -0.138. The average Bonchev–Trinajstić information content (AvgIpc) is 2.69. The summed E-state index contributed by atoms with van der Waals surface area (Å²) in [5.41, 5.74) is 2.12. The maximum Gasteiger partial charge on any atom is 0.333 e. The van der Waals surface area contributed by atoms with Crippen LogP contribution in [-0.4, -0.2) is 20.7 Å². The summed E-state index contributed by atoms with van der Waals surface area (Å²) in [6, 6.07) is 24.1. The Kier molecular flexibility index (Phi) is 5.54. The fourth-order valence-electron chi connectivity index (χ4n) is 4.02. The van der Waals surface area contributed by atoms with Crippen LogP contribution in [0.15, 0.2) is 71.8 Å². The molecule has 0 bridgehead atoms. The Balaban J connectivity index is 2.07. The molecule has 0 atom stereocenters. The molecular formula is C22H26O2Si. The largest absolute Gasteiger partial charge is 0.463 e. The van der Waals surface area contributed by atoms with Crippen LogP contribution in [-0.2, 0) is 9.53 Å². The van der Waals surface area contributed by atoms with Gasteiger partial charge in [-0.15, -0.1) is 0 Å². The Labute approximate surface area is 151 Å². The summed E-state index contributed by atoms with van der Waals surface area (Å²) >= 11 is 0. The molecule has 0 aromatic heterocycles. The second-order valence-electron chi connectivity index (χ2n) is 6.79. The normalized spacial score (nSPS) is 18.5. The van der Waals surface area contributed by atoms with E-state index in [1.807, 2.05) is 13.8 Å². The number of benzene rings is 2. The van der Waals surface area contributed by atoms with Gasteiger partial charge in [0.25, 0.3) is 0 Å². The number of esters is 1. The third kappa shape index (κ3) is 3.61. The van der Waals surface area contributed by atoms with E-state index in [1.54, 1.807) is 0 Å². The first-order valence-electron chi connectivity index (χ1n) is 9.14. The van der Waals surface area contributed by atoms with Crippen LogP contribution >= 0.6 is 0 Å². The highest BCUT2D eigenvalue weighted by atomic mass is 28.3. The van der Waals surface area contributed by atoms with Crippen molar-refractivity contribution in [2.24, 2.45) is 0 Å². The van der Waals surface area contributed by atoms with Crippen molar-refractivity contribution in [3.63, 3.8) is 0 Å². The van der Waals surface area contributed by atoms with Gasteiger partial charge in [0, 0.05) is 5.57 Å². The van der Waals surface area contributed by atoms with E-state index < -0.39 is 8.07 Å². The summed E-state index contributed by atoms with van der Waals surface area (Å²) in [7, 11) is -1.90. The van der Waals surface area contributed by atoms with E-state index in [0.717, 1.165) is 24.5 Å². The van der Waals surface area contributed by atoms with E-state index in [2.05, 4.69) is 60.7 Å². The molecule has 2 nitrogen and oxygen atoms in total. The van der Waals surface area contributed by atoms with Gasteiger partial charge in [-0.3, -0.25) is 0 Å². The van der Waals surface area contributed by atoms with Gasteiger partial charge < -0.3 is 4.74 Å². The summed E-state index contributed by atoms with van der Waals surface area (Å²) in [5, 5.41) is 2.94. The second kappa shape index (κ2) is 7.83. The van der Waals surface area contributed by atoms with Gasteiger partial charge >= 0.3 is 5.97 Å². The fraction of sp³-hybridized carbons (Fsp3) is 0.318. The number of hydrogen-bond acceptors (Lipinski definition) is 2. The molecule has 0 radical (unpaired) electrons. The minimum atomic E-state index is -1.90. The maximum absolute atomic E-state index is 12.3. The Morgan fingerprint density at radius 1 is 1.00 bits per heavy atom. The zero-order valence-electron chi connectivity index (χ0n) is 15.1. The number of ether oxygens (including phenoxy) is 1. The van der Waals surface area contributed by atoms with Crippen LogP contribution in [0.1, 0.15) is 26.7 Å². The van der Waals surface area contributed by atoms with Gasteiger partial charge in [0.15, 0.2) is 0 Å². The molecule has 1 saturated heterocycles. The van der Waals surface area contributed by atoms with Crippen LogP contribution in [0.5, 0.6) is 0 Å². The molecule has 1 aliphatic heterocycles. The Morgan fingerprint density at radius 2 is 1.56 bits per heavy atom. The summed E-state index contributed by atoms with van der Waals surface area (Å²) in [4.78, 5) is 12.3. The minimum absolute atomic E-state index is 0.150. The number of carbonyl (C=O) groups excluding carboxylic acids is 1. The van der Waals surface area contributed by atoms with Crippen LogP contribution in [0.25, 0.3) is 0 Å². The lowest BCUT2D eigenvalue weighted by Crippen LogP contribution is -2.59. The molecule has 0 amide bonds. The van der Waals surface area contributed by atoms with Crippen molar-refractivity contribution in [1.82, 2.24) is 0 Å². The van der Waals surface area contributed by atoms with Crippen LogP contribution in [0, 0.1) is 0 Å². The molecule has 2 aromatic rings. The molecule has 3 heteroatoms. The summed E-state index contributed by atoms with van der Waals surface area (Å²) in [6.07, 6.45) is 2.15. The molecule has 1 aliphatic rings. The van der Waals surface area contributed by atoms with Crippen molar-refractivity contribution in [3.05, 3.63) is 71.8 Å². The molecule has 25 heavy (non-hydrogen) atoms. The minimum Gasteiger partial charge on any atom is -0.463 e. The van der Waals surface area contributed by atoms with Crippen molar-refractivity contribution in [2.75, 3.05) is 6.61 Å². The summed E-state index contributed by atoms with van der Waals surface area (Å²) in [6.45, 7) is 4.24. The van der Waals surface area contributed by atoms with Crippen molar-refractivity contribution in [1.29, 1.82) is 0 Å². The first-order valence-corrected chi connectivity index (χ1v) is 11.6. The molecule has 0 N–H and O–H groups in total. The molecule has 0 unspecified atom stereocenters. The Bertz CT molecular complexity index is 711. The highest BCUT2D eigenvalue weighted by Gasteiger charge is 2.40. The average molecular weight is 351 g/mol. The van der Waals surface area contributed by atoms with Gasteiger partial charge in [-0.05, 0) is 32.4 Å². The van der Waals surface area contributed by atoms with Crippen LogP contribution in [0.4, 0.5) is 0 Å². The number of rotatable bonds is 4. The van der Waals surface area contributed by atoms with E-state index >= 15 is 0 Å². The third-order valence-corrected chi connectivity index (χ3v) is 10.5. The number of allylic oxidation sites excluding steroid dienone is 1.